The zero-order valence-corrected chi connectivity index (χ0v) is 9.94. The summed E-state index contributed by atoms with van der Waals surface area (Å²) in [5.74, 6) is 0. The molecule has 2 rings (SSSR count). The minimum atomic E-state index is -0.840. The number of rotatable bonds is 2. The maximum atomic E-state index is 9.86. The lowest BCUT2D eigenvalue weighted by atomic mass is 10.1. The maximum Gasteiger partial charge on any atom is 0.139 e. The number of aliphatic hydroxyl groups excluding tert-OH is 1. The number of imidazole rings is 1. The average molecular weight is 240 g/mol. The number of fused-ring (bicyclic) bond motifs is 1. The highest BCUT2D eigenvalue weighted by Crippen LogP contribution is 2.25. The number of aromatic nitrogens is 2. The van der Waals surface area contributed by atoms with Crippen molar-refractivity contribution in [3.63, 3.8) is 0 Å². The Bertz CT molecular complexity index is 521. The molecule has 2 heterocycles. The summed E-state index contributed by atoms with van der Waals surface area (Å²) in [5.41, 5.74) is 7.85. The molecule has 0 aliphatic heterocycles. The summed E-state index contributed by atoms with van der Waals surface area (Å²) in [5, 5.41) is 10.3. The molecule has 3 N–H and O–H groups in total. The van der Waals surface area contributed by atoms with Crippen molar-refractivity contribution in [1.29, 1.82) is 0 Å². The van der Waals surface area contributed by atoms with E-state index in [0.717, 1.165) is 5.56 Å². The van der Waals surface area contributed by atoms with Gasteiger partial charge >= 0.3 is 0 Å². The van der Waals surface area contributed by atoms with Gasteiger partial charge in [0.1, 0.15) is 22.6 Å². The van der Waals surface area contributed by atoms with Gasteiger partial charge in [0.05, 0.1) is 0 Å². The van der Waals surface area contributed by atoms with Crippen molar-refractivity contribution in [3.8, 4) is 0 Å². The van der Waals surface area contributed by atoms with Gasteiger partial charge in [-0.3, -0.25) is 4.40 Å². The Morgan fingerprint density at radius 3 is 2.81 bits per heavy atom. The number of nitrogens with zero attached hydrogens (tertiary/aromatic N) is 2. The van der Waals surface area contributed by atoms with Crippen molar-refractivity contribution >= 4 is 17.2 Å². The second-order valence-electron chi connectivity index (χ2n) is 4.03. The minimum absolute atomic E-state index is 0.400. The lowest BCUT2D eigenvalue weighted by Gasteiger charge is -2.11. The normalized spacial score (nSPS) is 15.3. The molecule has 0 radical (unpaired) electrons. The third-order valence-corrected chi connectivity index (χ3v) is 2.89. The molecule has 0 saturated carbocycles. The van der Waals surface area contributed by atoms with E-state index in [4.69, 9.17) is 17.3 Å². The van der Waals surface area contributed by atoms with Crippen molar-refractivity contribution in [2.75, 3.05) is 0 Å². The zero-order chi connectivity index (χ0) is 11.9. The van der Waals surface area contributed by atoms with E-state index in [1.54, 1.807) is 11.3 Å². The van der Waals surface area contributed by atoms with Crippen molar-refractivity contribution in [2.45, 2.75) is 26.0 Å². The van der Waals surface area contributed by atoms with Crippen LogP contribution in [0.25, 0.3) is 5.65 Å². The van der Waals surface area contributed by atoms with Crippen molar-refractivity contribution in [1.82, 2.24) is 9.38 Å². The van der Waals surface area contributed by atoms with E-state index >= 15 is 0 Å². The molecule has 16 heavy (non-hydrogen) atoms. The summed E-state index contributed by atoms with van der Waals surface area (Å²) in [6.45, 7) is 3.69. The average Bonchev–Trinajstić information content (AvgIpc) is 2.55. The van der Waals surface area contributed by atoms with Gasteiger partial charge in [0.15, 0.2) is 0 Å². The lowest BCUT2D eigenvalue weighted by Crippen LogP contribution is -2.24. The molecule has 0 amide bonds. The summed E-state index contributed by atoms with van der Waals surface area (Å²) in [6, 6.07) is 3.41. The zero-order valence-electron chi connectivity index (χ0n) is 9.18. The molecule has 4 nitrogen and oxygen atoms in total. The molecule has 5 heteroatoms. The van der Waals surface area contributed by atoms with Gasteiger partial charge in [0, 0.05) is 12.2 Å². The van der Waals surface area contributed by atoms with Crippen LogP contribution in [0, 0.1) is 6.92 Å². The first-order chi connectivity index (χ1) is 7.50. The number of aliphatic hydroxyl groups is 1. The van der Waals surface area contributed by atoms with E-state index in [1.807, 2.05) is 25.3 Å². The van der Waals surface area contributed by atoms with Crippen molar-refractivity contribution < 1.29 is 5.11 Å². The topological polar surface area (TPSA) is 63.5 Å². The second kappa shape index (κ2) is 4.05. The fraction of sp³-hybridized carbons (Fsp3) is 0.364. The highest BCUT2D eigenvalue weighted by molar-refractivity contribution is 6.30. The molecule has 0 bridgehead atoms. The molecule has 2 unspecified atom stereocenters. The first kappa shape index (κ1) is 11.4. The Labute approximate surface area is 98.7 Å². The monoisotopic (exact) mass is 239 g/mol. The van der Waals surface area contributed by atoms with Gasteiger partial charge in [-0.05, 0) is 25.5 Å². The van der Waals surface area contributed by atoms with Gasteiger partial charge in [0.2, 0.25) is 0 Å². The predicted octanol–water partition coefficient (Wildman–Crippen LogP) is 1.68. The van der Waals surface area contributed by atoms with E-state index in [0.29, 0.717) is 16.5 Å². The summed E-state index contributed by atoms with van der Waals surface area (Å²) in [4.78, 5) is 4.28. The summed E-state index contributed by atoms with van der Waals surface area (Å²) in [7, 11) is 0. The van der Waals surface area contributed by atoms with Crippen LogP contribution in [0.15, 0.2) is 18.3 Å². The molecule has 2 aromatic heterocycles. The molecule has 86 valence electrons. The van der Waals surface area contributed by atoms with Crippen molar-refractivity contribution in [3.05, 3.63) is 34.7 Å². The van der Waals surface area contributed by atoms with E-state index in [9.17, 15) is 5.11 Å². The van der Waals surface area contributed by atoms with Crippen LogP contribution < -0.4 is 5.73 Å². The number of hydrogen-bond acceptors (Lipinski definition) is 3. The van der Waals surface area contributed by atoms with E-state index < -0.39 is 12.1 Å². The standard InChI is InChI=1S/C11H14ClN3O/c1-6-3-4-8-14-9(10(16)7(2)13)11(12)15(8)5-6/h3-5,7,10,16H,13H2,1-2H3. The summed E-state index contributed by atoms with van der Waals surface area (Å²) in [6.07, 6.45) is 1.04. The van der Waals surface area contributed by atoms with E-state index in [1.165, 1.54) is 0 Å². The highest BCUT2D eigenvalue weighted by atomic mass is 35.5. The largest absolute Gasteiger partial charge is 0.385 e. The number of pyridine rings is 1. The van der Waals surface area contributed by atoms with Gasteiger partial charge in [-0.2, -0.15) is 0 Å². The van der Waals surface area contributed by atoms with Gasteiger partial charge in [-0.25, -0.2) is 4.98 Å². The van der Waals surface area contributed by atoms with E-state index in [2.05, 4.69) is 4.98 Å². The molecular weight excluding hydrogens is 226 g/mol. The van der Waals surface area contributed by atoms with Crippen LogP contribution in [0.5, 0.6) is 0 Å². The van der Waals surface area contributed by atoms with Crippen LogP contribution in [0.2, 0.25) is 5.15 Å². The number of hydrogen-bond donors (Lipinski definition) is 2. The number of nitrogens with two attached hydrogens (primary N) is 1. The summed E-state index contributed by atoms with van der Waals surface area (Å²) < 4.78 is 1.75. The van der Waals surface area contributed by atoms with Crippen LogP contribution in [-0.4, -0.2) is 20.5 Å². The molecule has 0 aliphatic carbocycles. The molecule has 0 spiro atoms. The molecule has 0 aromatic carbocycles. The van der Waals surface area contributed by atoms with E-state index in [-0.39, 0.29) is 0 Å². The third-order valence-electron chi connectivity index (χ3n) is 2.51. The Hall–Kier alpha value is -1.10. The summed E-state index contributed by atoms with van der Waals surface area (Å²) >= 11 is 6.15. The minimum Gasteiger partial charge on any atom is -0.385 e. The number of halogens is 1. The van der Waals surface area contributed by atoms with Gasteiger partial charge in [-0.1, -0.05) is 17.7 Å². The van der Waals surface area contributed by atoms with Gasteiger partial charge in [0.25, 0.3) is 0 Å². The van der Waals surface area contributed by atoms with Gasteiger partial charge in [-0.15, -0.1) is 0 Å². The second-order valence-corrected chi connectivity index (χ2v) is 4.38. The van der Waals surface area contributed by atoms with Crippen LogP contribution in [0.4, 0.5) is 0 Å². The molecular formula is C11H14ClN3O. The predicted molar refractivity (Wildman–Crippen MR) is 63.5 cm³/mol. The fourth-order valence-electron chi connectivity index (χ4n) is 1.58. The van der Waals surface area contributed by atoms with Crippen molar-refractivity contribution in [2.24, 2.45) is 5.73 Å². The molecule has 0 aliphatic rings. The molecule has 2 atom stereocenters. The highest BCUT2D eigenvalue weighted by Gasteiger charge is 2.21. The molecule has 0 fully saturated rings. The van der Waals surface area contributed by atoms with Crippen LogP contribution in [0.3, 0.4) is 0 Å². The quantitative estimate of drug-likeness (QED) is 0.838. The van der Waals surface area contributed by atoms with Crippen LogP contribution >= 0.6 is 11.6 Å². The smallest absolute Gasteiger partial charge is 0.139 e. The van der Waals surface area contributed by atoms with Crippen LogP contribution in [0.1, 0.15) is 24.3 Å². The fourth-order valence-corrected chi connectivity index (χ4v) is 1.87. The van der Waals surface area contributed by atoms with Crippen LogP contribution in [-0.2, 0) is 0 Å². The molecule has 0 saturated heterocycles. The molecule has 2 aromatic rings. The third kappa shape index (κ3) is 1.80. The SMILES string of the molecule is Cc1ccc2nc(C(O)C(C)N)c(Cl)n2c1. The Morgan fingerprint density at radius 2 is 2.19 bits per heavy atom. The first-order valence-electron chi connectivity index (χ1n) is 5.08. The first-order valence-corrected chi connectivity index (χ1v) is 5.46. The lowest BCUT2D eigenvalue weighted by molar-refractivity contribution is 0.149. The maximum absolute atomic E-state index is 9.86. The Morgan fingerprint density at radius 1 is 1.50 bits per heavy atom. The Balaban J connectivity index is 2.60. The van der Waals surface area contributed by atoms with Gasteiger partial charge < -0.3 is 10.8 Å². The Kier molecular flexibility index (Phi) is 2.88. The number of aryl methyl sites for hydroxylation is 1.